The summed E-state index contributed by atoms with van der Waals surface area (Å²) >= 11 is 0. The van der Waals surface area contributed by atoms with E-state index in [4.69, 9.17) is 5.11 Å². The number of nitrogens with zero attached hydrogens (tertiary/aromatic N) is 1. The standard InChI is InChI=1S/C13H17FN2O6S2/c1-8-6-16(7-10(8)13(17)18)24(21,22)9-3-4-12(11(14)5-9)15-23(2,19)20/h3-5,8,10,15H,6-7H2,1-2H3,(H,17,18)/t8-,10-/m1/s1. The number of carbonyl (C=O) groups is 1. The molecule has 2 atom stereocenters. The molecule has 1 aromatic carbocycles. The highest BCUT2D eigenvalue weighted by Gasteiger charge is 2.40. The number of nitrogens with one attached hydrogen (secondary N) is 1. The number of sulfonamides is 2. The number of benzene rings is 1. The predicted molar refractivity (Wildman–Crippen MR) is 83.9 cm³/mol. The fourth-order valence-electron chi connectivity index (χ4n) is 2.53. The highest BCUT2D eigenvalue weighted by atomic mass is 32.2. The minimum Gasteiger partial charge on any atom is -0.481 e. The lowest BCUT2D eigenvalue weighted by atomic mass is 9.99. The maximum atomic E-state index is 14.0. The van der Waals surface area contributed by atoms with Crippen LogP contribution in [0, 0.1) is 17.7 Å². The highest BCUT2D eigenvalue weighted by Crippen LogP contribution is 2.30. The Hall–Kier alpha value is -1.72. The van der Waals surface area contributed by atoms with Crippen molar-refractivity contribution in [3.05, 3.63) is 24.0 Å². The lowest BCUT2D eigenvalue weighted by Crippen LogP contribution is -2.30. The van der Waals surface area contributed by atoms with E-state index in [-0.39, 0.29) is 29.6 Å². The van der Waals surface area contributed by atoms with Crippen molar-refractivity contribution in [1.29, 1.82) is 0 Å². The zero-order valence-corrected chi connectivity index (χ0v) is 14.6. The maximum Gasteiger partial charge on any atom is 0.308 e. The van der Waals surface area contributed by atoms with E-state index in [0.29, 0.717) is 6.07 Å². The fourth-order valence-corrected chi connectivity index (χ4v) is 4.67. The zero-order chi connectivity index (χ0) is 18.3. The first-order chi connectivity index (χ1) is 10.9. The van der Waals surface area contributed by atoms with E-state index >= 15 is 0 Å². The molecule has 24 heavy (non-hydrogen) atoms. The Kier molecular flexibility index (Phi) is 4.88. The van der Waals surface area contributed by atoms with Crippen molar-refractivity contribution in [3.8, 4) is 0 Å². The second-order valence-corrected chi connectivity index (χ2v) is 9.45. The monoisotopic (exact) mass is 380 g/mol. The van der Waals surface area contributed by atoms with Gasteiger partial charge in [0.15, 0.2) is 0 Å². The molecule has 0 radical (unpaired) electrons. The van der Waals surface area contributed by atoms with Crippen LogP contribution in [0.25, 0.3) is 0 Å². The zero-order valence-electron chi connectivity index (χ0n) is 12.9. The third-order valence-electron chi connectivity index (χ3n) is 3.77. The number of halogens is 1. The average Bonchev–Trinajstić information content (AvgIpc) is 2.82. The molecule has 134 valence electrons. The third-order valence-corrected chi connectivity index (χ3v) is 6.19. The summed E-state index contributed by atoms with van der Waals surface area (Å²) in [6.45, 7) is 1.46. The van der Waals surface area contributed by atoms with Gasteiger partial charge in [0.1, 0.15) is 5.82 Å². The minimum atomic E-state index is -4.07. The fraction of sp³-hybridized carbons (Fsp3) is 0.462. The third kappa shape index (κ3) is 3.84. The van der Waals surface area contributed by atoms with Crippen molar-refractivity contribution in [2.24, 2.45) is 11.8 Å². The number of aliphatic carboxylic acids is 1. The van der Waals surface area contributed by atoms with Crippen molar-refractivity contribution < 1.29 is 31.1 Å². The highest BCUT2D eigenvalue weighted by molar-refractivity contribution is 7.92. The SMILES string of the molecule is C[C@@H]1CN(S(=O)(=O)c2ccc(NS(C)(=O)=O)c(F)c2)C[C@H]1C(=O)O. The first kappa shape index (κ1) is 18.6. The molecule has 1 aromatic rings. The molecule has 1 heterocycles. The van der Waals surface area contributed by atoms with Gasteiger partial charge in [-0.05, 0) is 24.1 Å². The molecule has 1 fully saturated rings. The number of hydrogen-bond donors (Lipinski definition) is 2. The Bertz CT molecular complexity index is 868. The second-order valence-electron chi connectivity index (χ2n) is 5.76. The van der Waals surface area contributed by atoms with E-state index in [1.165, 1.54) is 0 Å². The van der Waals surface area contributed by atoms with E-state index in [0.717, 1.165) is 22.7 Å². The van der Waals surface area contributed by atoms with Crippen molar-refractivity contribution in [2.75, 3.05) is 24.1 Å². The van der Waals surface area contributed by atoms with Crippen molar-refractivity contribution in [3.63, 3.8) is 0 Å². The van der Waals surface area contributed by atoms with E-state index in [9.17, 15) is 26.0 Å². The summed E-state index contributed by atoms with van der Waals surface area (Å²) in [5, 5.41) is 9.08. The van der Waals surface area contributed by atoms with Crippen molar-refractivity contribution in [1.82, 2.24) is 4.31 Å². The molecule has 0 saturated carbocycles. The number of carboxylic acid groups (broad SMARTS) is 1. The molecule has 0 amide bonds. The number of carboxylic acids is 1. The molecule has 0 bridgehead atoms. The molecule has 2 rings (SSSR count). The summed E-state index contributed by atoms with van der Waals surface area (Å²) in [7, 11) is -7.77. The lowest BCUT2D eigenvalue weighted by Gasteiger charge is -2.16. The van der Waals surface area contributed by atoms with Crippen LogP contribution in [0.4, 0.5) is 10.1 Å². The van der Waals surface area contributed by atoms with Crippen molar-refractivity contribution >= 4 is 31.7 Å². The van der Waals surface area contributed by atoms with E-state index in [2.05, 4.69) is 0 Å². The van der Waals surface area contributed by atoms with E-state index in [1.807, 2.05) is 4.72 Å². The van der Waals surface area contributed by atoms with Crippen LogP contribution in [-0.4, -0.2) is 51.6 Å². The van der Waals surface area contributed by atoms with Crippen LogP contribution in [0.1, 0.15) is 6.92 Å². The summed E-state index contributed by atoms with van der Waals surface area (Å²) < 4.78 is 64.2. The minimum absolute atomic E-state index is 0.0181. The Morgan fingerprint density at radius 3 is 2.38 bits per heavy atom. The maximum absolute atomic E-state index is 14.0. The van der Waals surface area contributed by atoms with Gasteiger partial charge >= 0.3 is 5.97 Å². The van der Waals surface area contributed by atoms with Gasteiger partial charge in [-0.3, -0.25) is 9.52 Å². The molecule has 11 heteroatoms. The summed E-state index contributed by atoms with van der Waals surface area (Å²) in [6, 6.07) is 2.80. The van der Waals surface area contributed by atoms with Gasteiger partial charge in [-0.1, -0.05) is 6.92 Å². The normalized spacial score (nSPS) is 22.5. The number of hydrogen-bond acceptors (Lipinski definition) is 5. The van der Waals surface area contributed by atoms with Gasteiger partial charge in [-0.2, -0.15) is 4.31 Å². The van der Waals surface area contributed by atoms with Gasteiger partial charge in [-0.25, -0.2) is 21.2 Å². The molecule has 0 aliphatic carbocycles. The van der Waals surface area contributed by atoms with Gasteiger partial charge in [0.05, 0.1) is 22.8 Å². The smallest absolute Gasteiger partial charge is 0.308 e. The van der Waals surface area contributed by atoms with Crippen LogP contribution >= 0.6 is 0 Å². The Labute approximate surface area is 139 Å². The van der Waals surface area contributed by atoms with Crippen LogP contribution in [-0.2, 0) is 24.8 Å². The largest absolute Gasteiger partial charge is 0.481 e. The Morgan fingerprint density at radius 1 is 1.29 bits per heavy atom. The molecule has 1 aliphatic rings. The van der Waals surface area contributed by atoms with Crippen LogP contribution in [0.5, 0.6) is 0 Å². The van der Waals surface area contributed by atoms with Gasteiger partial charge < -0.3 is 5.11 Å². The van der Waals surface area contributed by atoms with E-state index in [1.54, 1.807) is 6.92 Å². The molecular weight excluding hydrogens is 363 g/mol. The van der Waals surface area contributed by atoms with Crippen molar-refractivity contribution in [2.45, 2.75) is 11.8 Å². The topological polar surface area (TPSA) is 121 Å². The first-order valence-electron chi connectivity index (χ1n) is 6.92. The predicted octanol–water partition coefficient (Wildman–Crippen LogP) is 0.538. The molecule has 1 saturated heterocycles. The van der Waals surface area contributed by atoms with E-state index < -0.39 is 37.8 Å². The van der Waals surface area contributed by atoms with Crippen LogP contribution < -0.4 is 4.72 Å². The lowest BCUT2D eigenvalue weighted by molar-refractivity contribution is -0.142. The number of rotatable bonds is 5. The summed E-state index contributed by atoms with van der Waals surface area (Å²) in [6.07, 6.45) is 0.842. The van der Waals surface area contributed by atoms with Gasteiger partial charge in [0.25, 0.3) is 0 Å². The molecule has 1 aliphatic heterocycles. The molecule has 0 spiro atoms. The summed E-state index contributed by atoms with van der Waals surface area (Å²) in [5.41, 5.74) is -0.366. The molecular formula is C13H17FN2O6S2. The Balaban J connectivity index is 2.31. The molecule has 8 nitrogen and oxygen atoms in total. The molecule has 0 unspecified atom stereocenters. The molecule has 0 aromatic heterocycles. The van der Waals surface area contributed by atoms with Gasteiger partial charge in [-0.15, -0.1) is 0 Å². The van der Waals surface area contributed by atoms with Crippen LogP contribution in [0.15, 0.2) is 23.1 Å². The summed E-state index contributed by atoms with van der Waals surface area (Å²) in [5.74, 6) is -3.31. The quantitative estimate of drug-likeness (QED) is 0.769. The van der Waals surface area contributed by atoms with Crippen LogP contribution in [0.2, 0.25) is 0 Å². The van der Waals surface area contributed by atoms with Gasteiger partial charge in [0.2, 0.25) is 20.0 Å². The van der Waals surface area contributed by atoms with Gasteiger partial charge in [0, 0.05) is 13.1 Å². The average molecular weight is 380 g/mol. The number of anilines is 1. The first-order valence-corrected chi connectivity index (χ1v) is 10.3. The second kappa shape index (κ2) is 6.30. The Morgan fingerprint density at radius 2 is 1.92 bits per heavy atom. The molecule has 2 N–H and O–H groups in total. The van der Waals surface area contributed by atoms with Crippen LogP contribution in [0.3, 0.4) is 0 Å². The summed E-state index contributed by atoms with van der Waals surface area (Å²) in [4.78, 5) is 10.7.